The largest absolute Gasteiger partial charge is 0.339 e. The molecule has 2 fully saturated rings. The smallest absolute Gasteiger partial charge is 0.226 e. The van der Waals surface area contributed by atoms with E-state index in [-0.39, 0.29) is 6.04 Å². The summed E-state index contributed by atoms with van der Waals surface area (Å²) in [4.78, 5) is 14.2. The summed E-state index contributed by atoms with van der Waals surface area (Å²) in [5.74, 6) is 2.69. The van der Waals surface area contributed by atoms with E-state index in [2.05, 4.69) is 13.8 Å². The molecule has 0 radical (unpaired) electrons. The molecule has 0 saturated heterocycles. The van der Waals surface area contributed by atoms with E-state index in [9.17, 15) is 4.79 Å². The quantitative estimate of drug-likeness (QED) is 0.679. The molecule has 3 heteroatoms. The van der Waals surface area contributed by atoms with Crippen LogP contribution < -0.4 is 0 Å². The lowest BCUT2D eigenvalue weighted by molar-refractivity contribution is -0.134. The van der Waals surface area contributed by atoms with Gasteiger partial charge in [0, 0.05) is 24.4 Å². The van der Waals surface area contributed by atoms with Gasteiger partial charge in [-0.15, -0.1) is 11.6 Å². The van der Waals surface area contributed by atoms with Crippen molar-refractivity contribution in [3.63, 3.8) is 0 Å². The highest BCUT2D eigenvalue weighted by atomic mass is 35.5. The van der Waals surface area contributed by atoms with Gasteiger partial charge < -0.3 is 4.90 Å². The van der Waals surface area contributed by atoms with Crippen molar-refractivity contribution in [2.24, 2.45) is 17.8 Å². The zero-order valence-corrected chi connectivity index (χ0v) is 10.3. The second-order valence-electron chi connectivity index (χ2n) is 5.10. The Kier molecular flexibility index (Phi) is 3.24. The maximum atomic E-state index is 12.2. The second kappa shape index (κ2) is 4.32. The van der Waals surface area contributed by atoms with Gasteiger partial charge in [-0.3, -0.25) is 4.79 Å². The van der Waals surface area contributed by atoms with E-state index in [0.717, 1.165) is 0 Å². The minimum atomic E-state index is 0.289. The summed E-state index contributed by atoms with van der Waals surface area (Å²) in [7, 11) is 0. The molecule has 2 saturated carbocycles. The molecular formula is C12H20ClNO. The first-order valence-corrected chi connectivity index (χ1v) is 6.56. The zero-order valence-electron chi connectivity index (χ0n) is 9.58. The predicted octanol–water partition coefficient (Wildman–Crippen LogP) is 2.51. The normalized spacial score (nSPS) is 32.9. The second-order valence-corrected chi connectivity index (χ2v) is 5.48. The molecule has 2 unspecified atom stereocenters. The van der Waals surface area contributed by atoms with Gasteiger partial charge in [0.2, 0.25) is 5.91 Å². The summed E-state index contributed by atoms with van der Waals surface area (Å²) >= 11 is 5.74. The standard InChI is InChI=1S/C12H20ClNO/c1-8(2)14(7-6-13)12(15)11-9-4-3-5-10(9)11/h8-11H,3-7H2,1-2H3. The maximum Gasteiger partial charge on any atom is 0.226 e. The molecule has 0 aliphatic heterocycles. The van der Waals surface area contributed by atoms with Gasteiger partial charge >= 0.3 is 0 Å². The number of rotatable bonds is 4. The third-order valence-electron chi connectivity index (χ3n) is 3.92. The van der Waals surface area contributed by atoms with Crippen molar-refractivity contribution in [3.05, 3.63) is 0 Å². The lowest BCUT2D eigenvalue weighted by atomic mass is 10.1. The van der Waals surface area contributed by atoms with Crippen LogP contribution in [0, 0.1) is 17.8 Å². The van der Waals surface area contributed by atoms with Gasteiger partial charge in [0.25, 0.3) is 0 Å². The molecule has 15 heavy (non-hydrogen) atoms. The van der Waals surface area contributed by atoms with E-state index in [1.165, 1.54) is 19.3 Å². The van der Waals surface area contributed by atoms with Crippen LogP contribution in [-0.2, 0) is 4.79 Å². The highest BCUT2D eigenvalue weighted by Crippen LogP contribution is 2.58. The minimum absolute atomic E-state index is 0.289. The molecule has 2 nitrogen and oxygen atoms in total. The molecule has 0 aromatic carbocycles. The Bertz CT molecular complexity index is 244. The average Bonchev–Trinajstić information content (AvgIpc) is 2.67. The van der Waals surface area contributed by atoms with Gasteiger partial charge in [-0.25, -0.2) is 0 Å². The molecule has 2 atom stereocenters. The molecule has 0 aromatic rings. The van der Waals surface area contributed by atoms with Gasteiger partial charge in [0.05, 0.1) is 0 Å². The van der Waals surface area contributed by atoms with Crippen LogP contribution in [0.15, 0.2) is 0 Å². The van der Waals surface area contributed by atoms with Crippen molar-refractivity contribution in [2.45, 2.75) is 39.2 Å². The maximum absolute atomic E-state index is 12.2. The SMILES string of the molecule is CC(C)N(CCCl)C(=O)C1C2CCCC21. The molecule has 2 aliphatic carbocycles. The van der Waals surface area contributed by atoms with Crippen molar-refractivity contribution >= 4 is 17.5 Å². The molecule has 86 valence electrons. The van der Waals surface area contributed by atoms with Gasteiger partial charge in [0.1, 0.15) is 0 Å². The van der Waals surface area contributed by atoms with E-state index in [4.69, 9.17) is 11.6 Å². The van der Waals surface area contributed by atoms with Gasteiger partial charge in [-0.2, -0.15) is 0 Å². The Balaban J connectivity index is 1.94. The molecule has 0 N–H and O–H groups in total. The molecule has 2 aliphatic rings. The average molecular weight is 230 g/mol. The number of alkyl halides is 1. The number of carbonyl (C=O) groups excluding carboxylic acids is 1. The minimum Gasteiger partial charge on any atom is -0.339 e. The van der Waals surface area contributed by atoms with Crippen LogP contribution >= 0.6 is 11.6 Å². The third-order valence-corrected chi connectivity index (χ3v) is 4.09. The van der Waals surface area contributed by atoms with Crippen molar-refractivity contribution in [1.29, 1.82) is 0 Å². The number of fused-ring (bicyclic) bond motifs is 1. The van der Waals surface area contributed by atoms with Crippen LogP contribution in [0.2, 0.25) is 0 Å². The molecule has 0 spiro atoms. The summed E-state index contributed by atoms with van der Waals surface area (Å²) in [5.41, 5.74) is 0. The summed E-state index contributed by atoms with van der Waals surface area (Å²) in [6.45, 7) is 4.85. The highest BCUT2D eigenvalue weighted by Gasteiger charge is 2.57. The Hall–Kier alpha value is -0.240. The van der Waals surface area contributed by atoms with E-state index >= 15 is 0 Å². The lowest BCUT2D eigenvalue weighted by Gasteiger charge is -2.26. The Labute approximate surface area is 97.0 Å². The first-order chi connectivity index (χ1) is 7.16. The molecule has 1 amide bonds. The van der Waals surface area contributed by atoms with Crippen LogP contribution in [0.25, 0.3) is 0 Å². The fourth-order valence-corrected chi connectivity index (χ4v) is 3.28. The van der Waals surface area contributed by atoms with Crippen LogP contribution in [0.4, 0.5) is 0 Å². The van der Waals surface area contributed by atoms with Gasteiger partial charge in [-0.1, -0.05) is 6.42 Å². The fourth-order valence-electron chi connectivity index (χ4n) is 3.09. The number of amides is 1. The summed E-state index contributed by atoms with van der Waals surface area (Å²) in [6.07, 6.45) is 3.87. The van der Waals surface area contributed by atoms with Crippen molar-refractivity contribution in [2.75, 3.05) is 12.4 Å². The van der Waals surface area contributed by atoms with Crippen molar-refractivity contribution in [1.82, 2.24) is 4.90 Å². The molecule has 0 heterocycles. The van der Waals surface area contributed by atoms with Crippen molar-refractivity contribution < 1.29 is 4.79 Å². The van der Waals surface area contributed by atoms with Crippen LogP contribution in [-0.4, -0.2) is 29.3 Å². The topological polar surface area (TPSA) is 20.3 Å². The van der Waals surface area contributed by atoms with E-state index in [1.807, 2.05) is 4.90 Å². The molecular weight excluding hydrogens is 210 g/mol. The fraction of sp³-hybridized carbons (Fsp3) is 0.917. The lowest BCUT2D eigenvalue weighted by Crippen LogP contribution is -2.40. The number of hydrogen-bond donors (Lipinski definition) is 0. The Morgan fingerprint density at radius 1 is 1.40 bits per heavy atom. The van der Waals surface area contributed by atoms with E-state index < -0.39 is 0 Å². The Morgan fingerprint density at radius 3 is 2.47 bits per heavy atom. The molecule has 2 rings (SSSR count). The highest BCUT2D eigenvalue weighted by molar-refractivity contribution is 6.18. The van der Waals surface area contributed by atoms with E-state index in [1.54, 1.807) is 0 Å². The first kappa shape index (κ1) is 11.3. The predicted molar refractivity (Wildman–Crippen MR) is 61.9 cm³/mol. The Morgan fingerprint density at radius 2 is 2.00 bits per heavy atom. The summed E-state index contributed by atoms with van der Waals surface area (Å²) in [6, 6.07) is 0.289. The monoisotopic (exact) mass is 229 g/mol. The number of halogens is 1. The van der Waals surface area contributed by atoms with E-state index in [0.29, 0.717) is 36.1 Å². The summed E-state index contributed by atoms with van der Waals surface area (Å²) < 4.78 is 0. The number of hydrogen-bond acceptors (Lipinski definition) is 1. The van der Waals surface area contributed by atoms with Gasteiger partial charge in [-0.05, 0) is 38.5 Å². The number of nitrogens with zero attached hydrogens (tertiary/aromatic N) is 1. The van der Waals surface area contributed by atoms with Crippen molar-refractivity contribution in [3.8, 4) is 0 Å². The van der Waals surface area contributed by atoms with Crippen LogP contribution in [0.1, 0.15) is 33.1 Å². The molecule has 0 aromatic heterocycles. The zero-order chi connectivity index (χ0) is 11.0. The summed E-state index contributed by atoms with van der Waals surface area (Å²) in [5, 5.41) is 0. The first-order valence-electron chi connectivity index (χ1n) is 6.03. The number of carbonyl (C=O) groups is 1. The molecule has 0 bridgehead atoms. The van der Waals surface area contributed by atoms with Crippen LogP contribution in [0.5, 0.6) is 0 Å². The third kappa shape index (κ3) is 2.01. The van der Waals surface area contributed by atoms with Crippen LogP contribution in [0.3, 0.4) is 0 Å². The van der Waals surface area contributed by atoms with Gasteiger partial charge in [0.15, 0.2) is 0 Å².